The maximum atomic E-state index is 12.7. The van der Waals surface area contributed by atoms with E-state index in [2.05, 4.69) is 5.32 Å². The van der Waals surface area contributed by atoms with E-state index in [-0.39, 0.29) is 6.61 Å². The van der Waals surface area contributed by atoms with Crippen LogP contribution in [-0.4, -0.2) is 37.4 Å². The van der Waals surface area contributed by atoms with Gasteiger partial charge in [-0.3, -0.25) is 4.79 Å². The quantitative estimate of drug-likeness (QED) is 0.856. The molecule has 4 nitrogen and oxygen atoms in total. The predicted molar refractivity (Wildman–Crippen MR) is 61.7 cm³/mol. The number of methoxy groups -OCH3 is 1. The molecule has 0 aliphatic heterocycles. The first kappa shape index (κ1) is 15.5. The van der Waals surface area contributed by atoms with Crippen LogP contribution < -0.4 is 5.32 Å². The highest BCUT2D eigenvalue weighted by Crippen LogP contribution is 2.31. The first-order chi connectivity index (χ1) is 8.90. The molecule has 1 amide bonds. The van der Waals surface area contributed by atoms with Crippen LogP contribution in [0.25, 0.3) is 0 Å². The number of amides is 1. The summed E-state index contributed by atoms with van der Waals surface area (Å²) < 4.78 is 42.9. The SMILES string of the molecule is COCC(CO)NC(=O)c1ccccc1C(F)(F)F. The van der Waals surface area contributed by atoms with Crippen molar-refractivity contribution in [1.29, 1.82) is 0 Å². The monoisotopic (exact) mass is 277 g/mol. The Balaban J connectivity index is 2.94. The van der Waals surface area contributed by atoms with E-state index < -0.39 is 35.9 Å². The molecule has 106 valence electrons. The molecule has 0 fully saturated rings. The minimum absolute atomic E-state index is 0.0103. The number of hydrogen-bond acceptors (Lipinski definition) is 3. The number of carbonyl (C=O) groups is 1. The van der Waals surface area contributed by atoms with Crippen molar-refractivity contribution in [2.24, 2.45) is 0 Å². The lowest BCUT2D eigenvalue weighted by atomic mass is 10.1. The first-order valence-electron chi connectivity index (χ1n) is 5.47. The van der Waals surface area contributed by atoms with Gasteiger partial charge in [-0.15, -0.1) is 0 Å². The van der Waals surface area contributed by atoms with Crippen molar-refractivity contribution in [2.75, 3.05) is 20.3 Å². The van der Waals surface area contributed by atoms with Gasteiger partial charge in [0.25, 0.3) is 5.91 Å². The summed E-state index contributed by atoms with van der Waals surface area (Å²) in [6, 6.07) is 3.71. The van der Waals surface area contributed by atoms with Gasteiger partial charge in [-0.1, -0.05) is 12.1 Å². The number of hydrogen-bond donors (Lipinski definition) is 2. The molecule has 0 heterocycles. The zero-order valence-electron chi connectivity index (χ0n) is 10.2. The van der Waals surface area contributed by atoms with Crippen molar-refractivity contribution in [2.45, 2.75) is 12.2 Å². The van der Waals surface area contributed by atoms with Crippen LogP contribution >= 0.6 is 0 Å². The summed E-state index contributed by atoms with van der Waals surface area (Å²) in [6.45, 7) is -0.413. The molecular weight excluding hydrogens is 263 g/mol. The van der Waals surface area contributed by atoms with Crippen molar-refractivity contribution in [3.8, 4) is 0 Å². The van der Waals surface area contributed by atoms with E-state index in [9.17, 15) is 18.0 Å². The molecule has 2 N–H and O–H groups in total. The second-order valence-corrected chi connectivity index (χ2v) is 3.85. The van der Waals surface area contributed by atoms with Gasteiger partial charge in [0.1, 0.15) is 0 Å². The molecule has 0 saturated heterocycles. The largest absolute Gasteiger partial charge is 0.417 e. The molecule has 0 spiro atoms. The average molecular weight is 277 g/mol. The molecule has 1 unspecified atom stereocenters. The zero-order valence-corrected chi connectivity index (χ0v) is 10.2. The highest BCUT2D eigenvalue weighted by atomic mass is 19.4. The summed E-state index contributed by atoms with van der Waals surface area (Å²) in [6.07, 6.45) is -4.61. The molecule has 1 aromatic rings. The Kier molecular flexibility index (Phi) is 5.31. The fourth-order valence-electron chi connectivity index (χ4n) is 1.53. The van der Waals surface area contributed by atoms with E-state index in [0.29, 0.717) is 0 Å². The molecule has 0 aromatic heterocycles. The van der Waals surface area contributed by atoms with E-state index in [1.165, 1.54) is 19.2 Å². The van der Waals surface area contributed by atoms with Crippen LogP contribution in [0.15, 0.2) is 24.3 Å². The third-order valence-corrected chi connectivity index (χ3v) is 2.40. The second-order valence-electron chi connectivity index (χ2n) is 3.85. The second kappa shape index (κ2) is 6.53. The first-order valence-corrected chi connectivity index (χ1v) is 5.47. The minimum Gasteiger partial charge on any atom is -0.394 e. The Morgan fingerprint density at radius 3 is 2.58 bits per heavy atom. The summed E-state index contributed by atoms with van der Waals surface area (Å²) in [4.78, 5) is 11.8. The van der Waals surface area contributed by atoms with Crippen LogP contribution in [0, 0.1) is 0 Å². The van der Waals surface area contributed by atoms with Crippen LogP contribution in [0.5, 0.6) is 0 Å². The Labute approximate surface area is 108 Å². The number of carbonyl (C=O) groups excluding carboxylic acids is 1. The van der Waals surface area contributed by atoms with Gasteiger partial charge < -0.3 is 15.2 Å². The lowest BCUT2D eigenvalue weighted by molar-refractivity contribution is -0.137. The molecule has 1 aromatic carbocycles. The Morgan fingerprint density at radius 2 is 2.05 bits per heavy atom. The van der Waals surface area contributed by atoms with Crippen molar-refractivity contribution in [3.05, 3.63) is 35.4 Å². The van der Waals surface area contributed by atoms with Gasteiger partial charge in [0, 0.05) is 7.11 Å². The summed E-state index contributed by atoms with van der Waals surface area (Å²) in [5.74, 6) is -0.899. The molecule has 19 heavy (non-hydrogen) atoms. The van der Waals surface area contributed by atoms with Crippen molar-refractivity contribution < 1.29 is 27.8 Å². The Morgan fingerprint density at radius 1 is 1.42 bits per heavy atom. The molecular formula is C12H14F3NO3. The predicted octanol–water partition coefficient (Wildman–Crippen LogP) is 1.44. The molecule has 0 aliphatic rings. The summed E-state index contributed by atoms with van der Waals surface area (Å²) in [5.41, 5.74) is -1.49. The summed E-state index contributed by atoms with van der Waals surface area (Å²) in [7, 11) is 1.36. The van der Waals surface area contributed by atoms with Gasteiger partial charge >= 0.3 is 6.18 Å². The number of aliphatic hydroxyl groups excluding tert-OH is 1. The highest BCUT2D eigenvalue weighted by Gasteiger charge is 2.35. The van der Waals surface area contributed by atoms with E-state index in [1.54, 1.807) is 0 Å². The number of alkyl halides is 3. The topological polar surface area (TPSA) is 58.6 Å². The fraction of sp³-hybridized carbons (Fsp3) is 0.417. The van der Waals surface area contributed by atoms with Gasteiger partial charge in [-0.05, 0) is 12.1 Å². The lowest BCUT2D eigenvalue weighted by Gasteiger charge is -2.17. The van der Waals surface area contributed by atoms with Gasteiger partial charge in [-0.2, -0.15) is 13.2 Å². The summed E-state index contributed by atoms with van der Waals surface area (Å²) in [5, 5.41) is 11.2. The minimum atomic E-state index is -4.61. The third kappa shape index (κ3) is 4.22. The number of ether oxygens (including phenoxy) is 1. The van der Waals surface area contributed by atoms with E-state index in [4.69, 9.17) is 9.84 Å². The van der Waals surface area contributed by atoms with E-state index >= 15 is 0 Å². The van der Waals surface area contributed by atoms with Crippen LogP contribution in [0.4, 0.5) is 13.2 Å². The Hall–Kier alpha value is -1.60. The van der Waals surface area contributed by atoms with Gasteiger partial charge in [0.2, 0.25) is 0 Å². The smallest absolute Gasteiger partial charge is 0.394 e. The standard InChI is InChI=1S/C12H14F3NO3/c1-19-7-8(6-17)16-11(18)9-4-2-3-5-10(9)12(13,14)15/h2-5,8,17H,6-7H2,1H3,(H,16,18). The highest BCUT2D eigenvalue weighted by molar-refractivity contribution is 5.96. The van der Waals surface area contributed by atoms with E-state index in [1.807, 2.05) is 0 Å². The van der Waals surface area contributed by atoms with Gasteiger partial charge in [0.15, 0.2) is 0 Å². The number of nitrogens with one attached hydrogen (secondary N) is 1. The number of rotatable bonds is 5. The zero-order chi connectivity index (χ0) is 14.5. The molecule has 7 heteroatoms. The van der Waals surface area contributed by atoms with Gasteiger partial charge in [0.05, 0.1) is 30.4 Å². The molecule has 1 rings (SSSR count). The maximum absolute atomic E-state index is 12.7. The molecule has 1 atom stereocenters. The van der Waals surface area contributed by atoms with Gasteiger partial charge in [-0.25, -0.2) is 0 Å². The van der Waals surface area contributed by atoms with Crippen molar-refractivity contribution in [1.82, 2.24) is 5.32 Å². The number of benzene rings is 1. The number of halogens is 3. The molecule has 0 radical (unpaired) electrons. The maximum Gasteiger partial charge on any atom is 0.417 e. The summed E-state index contributed by atoms with van der Waals surface area (Å²) >= 11 is 0. The third-order valence-electron chi connectivity index (χ3n) is 2.40. The molecule has 0 aliphatic carbocycles. The van der Waals surface area contributed by atoms with Crippen LogP contribution in [0.3, 0.4) is 0 Å². The van der Waals surface area contributed by atoms with Crippen molar-refractivity contribution >= 4 is 5.91 Å². The van der Waals surface area contributed by atoms with Crippen molar-refractivity contribution in [3.63, 3.8) is 0 Å². The Bertz CT molecular complexity index is 434. The molecule has 0 saturated carbocycles. The fourth-order valence-corrected chi connectivity index (χ4v) is 1.53. The van der Waals surface area contributed by atoms with Crippen LogP contribution in [-0.2, 0) is 10.9 Å². The van der Waals surface area contributed by atoms with Crippen LogP contribution in [0.2, 0.25) is 0 Å². The normalized spacial score (nSPS) is 13.1. The average Bonchev–Trinajstić information content (AvgIpc) is 2.37. The molecule has 0 bridgehead atoms. The van der Waals surface area contributed by atoms with Crippen LogP contribution in [0.1, 0.15) is 15.9 Å². The van der Waals surface area contributed by atoms with E-state index in [0.717, 1.165) is 12.1 Å². The number of aliphatic hydroxyl groups is 1. The lowest BCUT2D eigenvalue weighted by Crippen LogP contribution is -2.41.